The van der Waals surface area contributed by atoms with Gasteiger partial charge in [0.2, 0.25) is 11.8 Å². The van der Waals surface area contributed by atoms with Crippen LogP contribution in [0.4, 0.5) is 0 Å². The Bertz CT molecular complexity index is 907. The number of hydrogen-bond donors (Lipinski definition) is 2. The summed E-state index contributed by atoms with van der Waals surface area (Å²) < 4.78 is 1.82. The van der Waals surface area contributed by atoms with Crippen molar-refractivity contribution in [1.82, 2.24) is 20.4 Å². The monoisotopic (exact) mass is 376 g/mol. The van der Waals surface area contributed by atoms with E-state index in [0.717, 1.165) is 16.8 Å². The smallest absolute Gasteiger partial charge is 0.222 e. The molecule has 3 rings (SSSR count). The van der Waals surface area contributed by atoms with Gasteiger partial charge < -0.3 is 10.6 Å². The molecule has 2 N–H and O–H groups in total. The Kier molecular flexibility index (Phi) is 6.57. The summed E-state index contributed by atoms with van der Waals surface area (Å²) in [4.78, 5) is 23.8. The van der Waals surface area contributed by atoms with Gasteiger partial charge in [0.25, 0.3) is 0 Å². The molecule has 1 aromatic heterocycles. The fourth-order valence-corrected chi connectivity index (χ4v) is 3.00. The second-order valence-corrected chi connectivity index (χ2v) is 6.60. The third-order valence-electron chi connectivity index (χ3n) is 4.36. The molecule has 6 heteroatoms. The van der Waals surface area contributed by atoms with Crippen LogP contribution in [0.3, 0.4) is 0 Å². The quantitative estimate of drug-likeness (QED) is 0.635. The van der Waals surface area contributed by atoms with Gasteiger partial charge in [-0.05, 0) is 29.7 Å². The van der Waals surface area contributed by atoms with E-state index >= 15 is 0 Å². The first kappa shape index (κ1) is 19.4. The van der Waals surface area contributed by atoms with E-state index in [4.69, 9.17) is 0 Å². The summed E-state index contributed by atoms with van der Waals surface area (Å²) >= 11 is 0. The summed E-state index contributed by atoms with van der Waals surface area (Å²) in [5.74, 6) is -0.256. The summed E-state index contributed by atoms with van der Waals surface area (Å²) in [5.41, 5.74) is 2.96. The molecule has 3 aromatic rings. The predicted octanol–water partition coefficient (Wildman–Crippen LogP) is 2.80. The van der Waals surface area contributed by atoms with Gasteiger partial charge in [0, 0.05) is 19.7 Å². The van der Waals surface area contributed by atoms with Crippen LogP contribution in [0.5, 0.6) is 0 Å². The number of rotatable bonds is 8. The first-order valence-electron chi connectivity index (χ1n) is 9.29. The van der Waals surface area contributed by atoms with Crippen molar-refractivity contribution in [2.45, 2.75) is 25.8 Å². The molecule has 2 aromatic carbocycles. The van der Waals surface area contributed by atoms with Gasteiger partial charge in [-0.2, -0.15) is 5.10 Å². The number of carbonyl (C=O) groups excluding carboxylic acids is 2. The van der Waals surface area contributed by atoms with E-state index in [9.17, 15) is 9.59 Å². The lowest BCUT2D eigenvalue weighted by atomic mass is 10.0. The van der Waals surface area contributed by atoms with Crippen LogP contribution in [-0.4, -0.2) is 28.1 Å². The van der Waals surface area contributed by atoms with Crippen LogP contribution in [0.2, 0.25) is 0 Å². The number of amides is 2. The third kappa shape index (κ3) is 5.54. The molecule has 0 aliphatic rings. The second-order valence-electron chi connectivity index (χ2n) is 6.60. The average molecular weight is 376 g/mol. The molecule has 0 radical (unpaired) electrons. The number of aromatic nitrogens is 2. The van der Waals surface area contributed by atoms with Gasteiger partial charge in [-0.25, -0.2) is 4.68 Å². The van der Waals surface area contributed by atoms with Crippen LogP contribution in [0.1, 0.15) is 30.5 Å². The van der Waals surface area contributed by atoms with Gasteiger partial charge in [-0.3, -0.25) is 9.59 Å². The van der Waals surface area contributed by atoms with Crippen molar-refractivity contribution in [1.29, 1.82) is 0 Å². The standard InChI is InChI=1S/C22H24N4O2/c1-17(27)25-21(19-8-4-2-5-9-19)14-22(28)23-13-12-18-15-24-26(16-18)20-10-6-3-7-11-20/h2-11,15-16,21H,12-14H2,1H3,(H,23,28)(H,25,27). The fraction of sp³-hybridized carbons (Fsp3) is 0.227. The van der Waals surface area contributed by atoms with Crippen LogP contribution in [0, 0.1) is 0 Å². The van der Waals surface area contributed by atoms with E-state index in [0.29, 0.717) is 13.0 Å². The molecular formula is C22H24N4O2. The number of para-hydroxylation sites is 1. The highest BCUT2D eigenvalue weighted by molar-refractivity contribution is 5.79. The Balaban J connectivity index is 1.51. The molecule has 0 saturated heterocycles. The summed E-state index contributed by atoms with van der Waals surface area (Å²) in [6, 6.07) is 19.1. The van der Waals surface area contributed by atoms with E-state index in [1.807, 2.05) is 77.7 Å². The minimum atomic E-state index is -0.334. The number of benzene rings is 2. The zero-order valence-corrected chi connectivity index (χ0v) is 15.8. The van der Waals surface area contributed by atoms with Crippen molar-refractivity contribution < 1.29 is 9.59 Å². The van der Waals surface area contributed by atoms with Crippen LogP contribution < -0.4 is 10.6 Å². The first-order valence-corrected chi connectivity index (χ1v) is 9.29. The minimum Gasteiger partial charge on any atom is -0.356 e. The first-order chi connectivity index (χ1) is 13.6. The molecule has 28 heavy (non-hydrogen) atoms. The maximum atomic E-state index is 12.3. The zero-order chi connectivity index (χ0) is 19.8. The fourth-order valence-electron chi connectivity index (χ4n) is 3.00. The summed E-state index contributed by atoms with van der Waals surface area (Å²) in [6.07, 6.45) is 4.66. The number of hydrogen-bond acceptors (Lipinski definition) is 3. The Labute approximate surface area is 164 Å². The van der Waals surface area contributed by atoms with Crippen LogP contribution in [0.25, 0.3) is 5.69 Å². The zero-order valence-electron chi connectivity index (χ0n) is 15.8. The van der Waals surface area contributed by atoms with Crippen LogP contribution in [0.15, 0.2) is 73.1 Å². The van der Waals surface area contributed by atoms with Crippen LogP contribution >= 0.6 is 0 Å². The highest BCUT2D eigenvalue weighted by Gasteiger charge is 2.16. The van der Waals surface area contributed by atoms with E-state index in [1.54, 1.807) is 0 Å². The summed E-state index contributed by atoms with van der Waals surface area (Å²) in [6.45, 7) is 1.97. The Morgan fingerprint density at radius 1 is 1.04 bits per heavy atom. The maximum Gasteiger partial charge on any atom is 0.222 e. The Morgan fingerprint density at radius 2 is 1.71 bits per heavy atom. The van der Waals surface area contributed by atoms with Gasteiger partial charge >= 0.3 is 0 Å². The minimum absolute atomic E-state index is 0.0990. The molecule has 0 aliphatic heterocycles. The van der Waals surface area contributed by atoms with Gasteiger partial charge in [-0.15, -0.1) is 0 Å². The SMILES string of the molecule is CC(=O)NC(CC(=O)NCCc1cnn(-c2ccccc2)c1)c1ccccc1. The lowest BCUT2D eigenvalue weighted by molar-refractivity contribution is -0.122. The van der Waals surface area contributed by atoms with Gasteiger partial charge in [-0.1, -0.05) is 48.5 Å². The Hall–Kier alpha value is -3.41. The normalized spacial score (nSPS) is 11.6. The van der Waals surface area contributed by atoms with Crippen molar-refractivity contribution in [3.05, 3.63) is 84.2 Å². The van der Waals surface area contributed by atoms with Crippen LogP contribution in [-0.2, 0) is 16.0 Å². The predicted molar refractivity (Wildman–Crippen MR) is 108 cm³/mol. The molecular weight excluding hydrogens is 352 g/mol. The van der Waals surface area contributed by atoms with Gasteiger partial charge in [0.1, 0.15) is 0 Å². The van der Waals surface area contributed by atoms with Crippen molar-refractivity contribution in [3.8, 4) is 5.69 Å². The molecule has 6 nitrogen and oxygen atoms in total. The molecule has 0 saturated carbocycles. The van der Waals surface area contributed by atoms with E-state index in [-0.39, 0.29) is 24.3 Å². The summed E-state index contributed by atoms with van der Waals surface area (Å²) in [5, 5.41) is 10.1. The average Bonchev–Trinajstić information content (AvgIpc) is 3.17. The summed E-state index contributed by atoms with van der Waals surface area (Å²) in [7, 11) is 0. The highest BCUT2D eigenvalue weighted by Crippen LogP contribution is 2.16. The molecule has 1 heterocycles. The second kappa shape index (κ2) is 9.50. The maximum absolute atomic E-state index is 12.3. The molecule has 0 aliphatic carbocycles. The highest BCUT2D eigenvalue weighted by atomic mass is 16.2. The molecule has 2 amide bonds. The lowest BCUT2D eigenvalue weighted by Crippen LogP contribution is -2.33. The van der Waals surface area contributed by atoms with E-state index < -0.39 is 0 Å². The van der Waals surface area contributed by atoms with E-state index in [2.05, 4.69) is 15.7 Å². The molecule has 1 unspecified atom stereocenters. The lowest BCUT2D eigenvalue weighted by Gasteiger charge is -2.18. The molecule has 0 bridgehead atoms. The van der Waals surface area contributed by atoms with Gasteiger partial charge in [0.05, 0.1) is 24.3 Å². The van der Waals surface area contributed by atoms with Crippen molar-refractivity contribution in [2.24, 2.45) is 0 Å². The third-order valence-corrected chi connectivity index (χ3v) is 4.36. The number of nitrogens with one attached hydrogen (secondary N) is 2. The number of carbonyl (C=O) groups is 2. The van der Waals surface area contributed by atoms with Crippen molar-refractivity contribution in [2.75, 3.05) is 6.54 Å². The topological polar surface area (TPSA) is 76.0 Å². The van der Waals surface area contributed by atoms with Gasteiger partial charge in [0.15, 0.2) is 0 Å². The molecule has 0 fully saturated rings. The Morgan fingerprint density at radius 3 is 2.39 bits per heavy atom. The van der Waals surface area contributed by atoms with Crippen molar-refractivity contribution in [3.63, 3.8) is 0 Å². The number of nitrogens with zero attached hydrogens (tertiary/aromatic N) is 2. The van der Waals surface area contributed by atoms with Crippen molar-refractivity contribution >= 4 is 11.8 Å². The molecule has 1 atom stereocenters. The molecule has 0 spiro atoms. The molecule has 144 valence electrons. The van der Waals surface area contributed by atoms with E-state index in [1.165, 1.54) is 6.92 Å². The largest absolute Gasteiger partial charge is 0.356 e.